The Morgan fingerprint density at radius 2 is 2.12 bits per heavy atom. The predicted molar refractivity (Wildman–Crippen MR) is 84.2 cm³/mol. The van der Waals surface area contributed by atoms with Crippen LogP contribution < -0.4 is 0 Å². The highest BCUT2D eigenvalue weighted by atomic mass is 32.1. The van der Waals surface area contributed by atoms with Gasteiger partial charge in [0.25, 0.3) is 5.91 Å². The second kappa shape index (κ2) is 6.31. The lowest BCUT2D eigenvalue weighted by atomic mass is 10.2. The summed E-state index contributed by atoms with van der Waals surface area (Å²) in [5, 5.41) is 9.10. The number of imidazole rings is 1. The standard InChI is InChI=1S/C14H13F2N7OS/c15-14(16)23-7-9(5-18-23)11-6-17-12-1-2-21(3-4-22(11)12)13(24)10-8-25-20-19-10/h5-8,14H,1-4H2. The topological polar surface area (TPSA) is 81.7 Å². The van der Waals surface area contributed by atoms with Gasteiger partial charge in [0.15, 0.2) is 5.69 Å². The maximum absolute atomic E-state index is 12.7. The number of alkyl halides is 2. The normalized spacial score (nSPS) is 14.6. The van der Waals surface area contributed by atoms with E-state index in [2.05, 4.69) is 19.7 Å². The van der Waals surface area contributed by atoms with Crippen molar-refractivity contribution < 1.29 is 13.6 Å². The minimum Gasteiger partial charge on any atom is -0.335 e. The molecule has 0 radical (unpaired) electrons. The van der Waals surface area contributed by atoms with Crippen LogP contribution in [0.25, 0.3) is 11.3 Å². The first-order valence-electron chi connectivity index (χ1n) is 7.57. The first-order valence-corrected chi connectivity index (χ1v) is 8.40. The van der Waals surface area contributed by atoms with Gasteiger partial charge in [-0.1, -0.05) is 4.49 Å². The highest BCUT2D eigenvalue weighted by molar-refractivity contribution is 7.03. The van der Waals surface area contributed by atoms with Crippen LogP contribution in [0.3, 0.4) is 0 Å². The molecule has 0 bridgehead atoms. The fraction of sp³-hybridized carbons (Fsp3) is 0.357. The molecule has 0 spiro atoms. The number of carbonyl (C=O) groups excluding carboxylic acids is 1. The Morgan fingerprint density at radius 1 is 1.24 bits per heavy atom. The van der Waals surface area contributed by atoms with Crippen LogP contribution in [0.4, 0.5) is 8.78 Å². The molecule has 25 heavy (non-hydrogen) atoms. The summed E-state index contributed by atoms with van der Waals surface area (Å²) in [5.41, 5.74) is 1.62. The molecule has 0 unspecified atom stereocenters. The van der Waals surface area contributed by atoms with E-state index in [4.69, 9.17) is 0 Å². The van der Waals surface area contributed by atoms with Crippen molar-refractivity contribution in [3.05, 3.63) is 35.5 Å². The Hall–Kier alpha value is -2.69. The van der Waals surface area contributed by atoms with Gasteiger partial charge in [-0.3, -0.25) is 4.79 Å². The number of fused-ring (bicyclic) bond motifs is 1. The van der Waals surface area contributed by atoms with E-state index in [0.717, 1.165) is 17.4 Å². The van der Waals surface area contributed by atoms with Crippen molar-refractivity contribution in [1.82, 2.24) is 33.8 Å². The molecule has 1 aliphatic rings. The van der Waals surface area contributed by atoms with Crippen LogP contribution in [0, 0.1) is 0 Å². The summed E-state index contributed by atoms with van der Waals surface area (Å²) < 4.78 is 31.7. The molecule has 0 atom stereocenters. The van der Waals surface area contributed by atoms with Gasteiger partial charge in [-0.2, -0.15) is 13.9 Å². The molecule has 0 aromatic carbocycles. The summed E-state index contributed by atoms with van der Waals surface area (Å²) >= 11 is 1.13. The van der Waals surface area contributed by atoms with E-state index in [1.165, 1.54) is 12.4 Å². The predicted octanol–water partition coefficient (Wildman–Crippen LogP) is 1.69. The molecule has 3 aromatic rings. The van der Waals surface area contributed by atoms with Gasteiger partial charge in [-0.25, -0.2) is 9.67 Å². The number of halogens is 2. The van der Waals surface area contributed by atoms with E-state index in [1.807, 2.05) is 4.57 Å². The van der Waals surface area contributed by atoms with E-state index < -0.39 is 6.55 Å². The smallest absolute Gasteiger partial charge is 0.333 e. The summed E-state index contributed by atoms with van der Waals surface area (Å²) in [5.74, 6) is 0.651. The molecule has 3 aromatic heterocycles. The summed E-state index contributed by atoms with van der Waals surface area (Å²) in [4.78, 5) is 18.5. The van der Waals surface area contributed by atoms with E-state index in [1.54, 1.807) is 16.5 Å². The zero-order valence-electron chi connectivity index (χ0n) is 12.9. The molecule has 0 saturated carbocycles. The number of aromatic nitrogens is 6. The Labute approximate surface area is 144 Å². The molecule has 0 aliphatic carbocycles. The third kappa shape index (κ3) is 2.90. The number of amides is 1. The zero-order valence-corrected chi connectivity index (χ0v) is 13.7. The van der Waals surface area contributed by atoms with Gasteiger partial charge in [0.2, 0.25) is 0 Å². The first kappa shape index (κ1) is 15.8. The third-order valence-corrected chi connectivity index (χ3v) is 4.61. The van der Waals surface area contributed by atoms with E-state index in [9.17, 15) is 13.6 Å². The molecular weight excluding hydrogens is 352 g/mol. The van der Waals surface area contributed by atoms with Gasteiger partial charge in [-0.15, -0.1) is 5.10 Å². The summed E-state index contributed by atoms with van der Waals surface area (Å²) in [6.45, 7) is -1.16. The summed E-state index contributed by atoms with van der Waals surface area (Å²) in [6, 6.07) is 0. The minimum atomic E-state index is -2.68. The van der Waals surface area contributed by atoms with Crippen molar-refractivity contribution in [3.63, 3.8) is 0 Å². The minimum absolute atomic E-state index is 0.161. The largest absolute Gasteiger partial charge is 0.335 e. The number of rotatable bonds is 3. The highest BCUT2D eigenvalue weighted by Crippen LogP contribution is 2.24. The van der Waals surface area contributed by atoms with Crippen molar-refractivity contribution in [2.75, 3.05) is 13.1 Å². The molecule has 4 heterocycles. The van der Waals surface area contributed by atoms with Crippen LogP contribution in [-0.2, 0) is 13.0 Å². The number of nitrogens with zero attached hydrogens (tertiary/aromatic N) is 7. The summed E-state index contributed by atoms with van der Waals surface area (Å²) in [6.07, 6.45) is 4.92. The molecular formula is C14H13F2N7OS. The maximum Gasteiger partial charge on any atom is 0.333 e. The zero-order chi connectivity index (χ0) is 17.4. The van der Waals surface area contributed by atoms with Crippen LogP contribution in [-0.4, -0.2) is 52.8 Å². The number of hydrogen-bond donors (Lipinski definition) is 0. The van der Waals surface area contributed by atoms with Gasteiger partial charge in [0.05, 0.1) is 18.1 Å². The number of carbonyl (C=O) groups is 1. The molecule has 4 rings (SSSR count). The van der Waals surface area contributed by atoms with Gasteiger partial charge in [-0.05, 0) is 11.5 Å². The lowest BCUT2D eigenvalue weighted by Crippen LogP contribution is -2.33. The Balaban J connectivity index is 1.56. The van der Waals surface area contributed by atoms with Gasteiger partial charge in [0, 0.05) is 43.2 Å². The van der Waals surface area contributed by atoms with Crippen LogP contribution in [0.5, 0.6) is 0 Å². The van der Waals surface area contributed by atoms with Gasteiger partial charge in [0.1, 0.15) is 5.82 Å². The van der Waals surface area contributed by atoms with Crippen LogP contribution in [0.2, 0.25) is 0 Å². The quantitative estimate of drug-likeness (QED) is 0.706. The SMILES string of the molecule is O=C(c1csnn1)N1CCc2ncc(-c3cnn(C(F)F)c3)n2CC1. The fourth-order valence-electron chi connectivity index (χ4n) is 2.86. The lowest BCUT2D eigenvalue weighted by Gasteiger charge is -2.18. The van der Waals surface area contributed by atoms with Crippen LogP contribution in [0.1, 0.15) is 22.9 Å². The first-order chi connectivity index (χ1) is 12.1. The average Bonchev–Trinajstić information content (AvgIpc) is 3.32. The van der Waals surface area contributed by atoms with Gasteiger partial charge >= 0.3 is 6.55 Å². The average molecular weight is 365 g/mol. The molecule has 0 saturated heterocycles. The van der Waals surface area contributed by atoms with E-state index >= 15 is 0 Å². The Kier molecular flexibility index (Phi) is 3.99. The van der Waals surface area contributed by atoms with Crippen molar-refractivity contribution in [2.24, 2.45) is 0 Å². The van der Waals surface area contributed by atoms with Gasteiger partial charge < -0.3 is 9.47 Å². The Bertz CT molecular complexity index is 889. The van der Waals surface area contributed by atoms with Crippen LogP contribution >= 0.6 is 11.5 Å². The van der Waals surface area contributed by atoms with Crippen molar-refractivity contribution in [1.29, 1.82) is 0 Å². The van der Waals surface area contributed by atoms with E-state index in [0.29, 0.717) is 47.7 Å². The molecule has 130 valence electrons. The second-order valence-corrected chi connectivity index (χ2v) is 6.14. The molecule has 1 amide bonds. The maximum atomic E-state index is 12.7. The third-order valence-electron chi connectivity index (χ3n) is 4.10. The van der Waals surface area contributed by atoms with Crippen molar-refractivity contribution >= 4 is 17.4 Å². The monoisotopic (exact) mass is 365 g/mol. The molecule has 0 fully saturated rings. The molecule has 11 heteroatoms. The highest BCUT2D eigenvalue weighted by Gasteiger charge is 2.24. The summed E-state index contributed by atoms with van der Waals surface area (Å²) in [7, 11) is 0. The Morgan fingerprint density at radius 3 is 2.84 bits per heavy atom. The van der Waals surface area contributed by atoms with Crippen LogP contribution in [0.15, 0.2) is 24.0 Å². The number of hydrogen-bond acceptors (Lipinski definition) is 6. The second-order valence-electron chi connectivity index (χ2n) is 5.53. The fourth-order valence-corrected chi connectivity index (χ4v) is 3.29. The van der Waals surface area contributed by atoms with E-state index in [-0.39, 0.29) is 5.91 Å². The molecule has 1 aliphatic heterocycles. The molecule has 0 N–H and O–H groups in total. The van der Waals surface area contributed by atoms with Crippen molar-refractivity contribution in [2.45, 2.75) is 19.5 Å². The lowest BCUT2D eigenvalue weighted by molar-refractivity contribution is 0.0566. The van der Waals surface area contributed by atoms with Crippen molar-refractivity contribution in [3.8, 4) is 11.3 Å². The molecule has 8 nitrogen and oxygen atoms in total.